The summed E-state index contributed by atoms with van der Waals surface area (Å²) in [5, 5.41) is 9.11. The molecule has 1 aromatic heterocycles. The van der Waals surface area contributed by atoms with Gasteiger partial charge in [0.2, 0.25) is 0 Å². The summed E-state index contributed by atoms with van der Waals surface area (Å²) >= 11 is 0. The molecule has 0 saturated heterocycles. The monoisotopic (exact) mass is 311 g/mol. The van der Waals surface area contributed by atoms with Crippen LogP contribution in [0.15, 0.2) is 24.3 Å². The lowest BCUT2D eigenvalue weighted by Crippen LogP contribution is -2.09. The van der Waals surface area contributed by atoms with E-state index in [4.69, 9.17) is 15.6 Å². The lowest BCUT2D eigenvalue weighted by Gasteiger charge is -2.10. The Labute approximate surface area is 123 Å². The van der Waals surface area contributed by atoms with Gasteiger partial charge >= 0.3 is 12.6 Å². The van der Waals surface area contributed by atoms with E-state index in [-0.39, 0.29) is 23.1 Å². The van der Waals surface area contributed by atoms with Crippen LogP contribution in [-0.4, -0.2) is 34.8 Å². The van der Waals surface area contributed by atoms with Crippen molar-refractivity contribution in [1.82, 2.24) is 9.97 Å². The molecule has 0 atom stereocenters. The minimum atomic E-state index is -2.93. The van der Waals surface area contributed by atoms with Crippen LogP contribution in [0.2, 0.25) is 0 Å². The molecule has 7 nitrogen and oxygen atoms in total. The van der Waals surface area contributed by atoms with Gasteiger partial charge in [0.1, 0.15) is 5.75 Å². The maximum Gasteiger partial charge on any atom is 0.387 e. The van der Waals surface area contributed by atoms with E-state index in [1.807, 2.05) is 0 Å². The first-order valence-electron chi connectivity index (χ1n) is 5.92. The molecule has 0 amide bonds. The van der Waals surface area contributed by atoms with Crippen LogP contribution in [0.4, 0.5) is 14.6 Å². The third kappa shape index (κ3) is 3.19. The van der Waals surface area contributed by atoms with E-state index in [0.29, 0.717) is 5.56 Å². The van der Waals surface area contributed by atoms with Crippen molar-refractivity contribution in [3.05, 3.63) is 30.0 Å². The number of carbonyl (C=O) groups is 1. The van der Waals surface area contributed by atoms with Crippen molar-refractivity contribution in [1.29, 1.82) is 0 Å². The molecule has 1 aromatic carbocycles. The maximum atomic E-state index is 12.1. The average Bonchev–Trinajstić information content (AvgIpc) is 2.46. The van der Waals surface area contributed by atoms with Gasteiger partial charge < -0.3 is 20.3 Å². The van der Waals surface area contributed by atoms with Gasteiger partial charge in [-0.05, 0) is 24.3 Å². The fourth-order valence-electron chi connectivity index (χ4n) is 1.73. The first-order chi connectivity index (χ1) is 10.4. The number of nitrogens with two attached hydrogens (primary N) is 1. The molecule has 0 unspecified atom stereocenters. The molecule has 0 aliphatic rings. The van der Waals surface area contributed by atoms with Crippen molar-refractivity contribution in [3.63, 3.8) is 0 Å². The van der Waals surface area contributed by atoms with Crippen molar-refractivity contribution in [3.8, 4) is 22.9 Å². The van der Waals surface area contributed by atoms with Crippen molar-refractivity contribution < 1.29 is 28.2 Å². The van der Waals surface area contributed by atoms with E-state index >= 15 is 0 Å². The van der Waals surface area contributed by atoms with Gasteiger partial charge in [0.05, 0.1) is 7.11 Å². The zero-order chi connectivity index (χ0) is 16.3. The predicted molar refractivity (Wildman–Crippen MR) is 72.0 cm³/mol. The molecule has 0 aliphatic heterocycles. The summed E-state index contributed by atoms with van der Waals surface area (Å²) in [6.07, 6.45) is 0. The number of methoxy groups -OCH3 is 1. The number of aromatic nitrogens is 2. The summed E-state index contributed by atoms with van der Waals surface area (Å²) in [6, 6.07) is 5.38. The number of hydrogen-bond donors (Lipinski definition) is 2. The normalized spacial score (nSPS) is 10.5. The van der Waals surface area contributed by atoms with E-state index in [9.17, 15) is 13.6 Å². The Balaban J connectivity index is 2.42. The predicted octanol–water partition coefficient (Wildman–Crippen LogP) is 2.03. The Morgan fingerprint density at radius 1 is 1.27 bits per heavy atom. The number of carboxylic acids is 1. The first kappa shape index (κ1) is 15.4. The summed E-state index contributed by atoms with van der Waals surface area (Å²) < 4.78 is 33.2. The van der Waals surface area contributed by atoms with E-state index in [1.54, 1.807) is 0 Å². The van der Waals surface area contributed by atoms with Crippen LogP contribution in [0.1, 0.15) is 10.5 Å². The SMILES string of the molecule is COc1c(N)nc(-c2ccc(OC(F)F)cc2)nc1C(=O)O. The van der Waals surface area contributed by atoms with E-state index < -0.39 is 18.3 Å². The zero-order valence-electron chi connectivity index (χ0n) is 11.3. The van der Waals surface area contributed by atoms with Gasteiger partial charge in [-0.15, -0.1) is 0 Å². The number of hydrogen-bond acceptors (Lipinski definition) is 6. The summed E-state index contributed by atoms with van der Waals surface area (Å²) in [4.78, 5) is 19.0. The summed E-state index contributed by atoms with van der Waals surface area (Å²) in [5.74, 6) is -1.63. The highest BCUT2D eigenvalue weighted by molar-refractivity contribution is 5.91. The fourth-order valence-corrected chi connectivity index (χ4v) is 1.73. The largest absolute Gasteiger partial charge is 0.491 e. The number of aromatic carboxylic acids is 1. The number of carboxylic acid groups (broad SMARTS) is 1. The number of halogens is 2. The molecule has 22 heavy (non-hydrogen) atoms. The van der Waals surface area contributed by atoms with Crippen molar-refractivity contribution in [2.75, 3.05) is 12.8 Å². The average molecular weight is 311 g/mol. The lowest BCUT2D eigenvalue weighted by atomic mass is 10.2. The summed E-state index contributed by atoms with van der Waals surface area (Å²) in [6.45, 7) is -2.93. The van der Waals surface area contributed by atoms with Crippen LogP contribution in [0.25, 0.3) is 11.4 Å². The minimum Gasteiger partial charge on any atom is -0.491 e. The van der Waals surface area contributed by atoms with Crippen LogP contribution in [0, 0.1) is 0 Å². The van der Waals surface area contributed by atoms with Crippen LogP contribution in [0.5, 0.6) is 11.5 Å². The summed E-state index contributed by atoms with van der Waals surface area (Å²) in [7, 11) is 1.25. The number of benzene rings is 1. The molecule has 116 valence electrons. The van der Waals surface area contributed by atoms with Gasteiger partial charge in [-0.3, -0.25) is 0 Å². The van der Waals surface area contributed by atoms with Crippen LogP contribution in [0.3, 0.4) is 0 Å². The molecule has 0 spiro atoms. The number of anilines is 1. The molecule has 1 heterocycles. The van der Waals surface area contributed by atoms with Crippen LogP contribution >= 0.6 is 0 Å². The third-order valence-corrected chi connectivity index (χ3v) is 2.64. The molecule has 2 aromatic rings. The zero-order valence-corrected chi connectivity index (χ0v) is 11.3. The van der Waals surface area contributed by atoms with E-state index in [0.717, 1.165) is 0 Å². The Bertz CT molecular complexity index is 692. The molecular weight excluding hydrogens is 300 g/mol. The number of rotatable bonds is 5. The highest BCUT2D eigenvalue weighted by Gasteiger charge is 2.19. The smallest absolute Gasteiger partial charge is 0.387 e. The fraction of sp³-hybridized carbons (Fsp3) is 0.154. The van der Waals surface area contributed by atoms with Crippen LogP contribution < -0.4 is 15.2 Å². The number of alkyl halides is 2. The lowest BCUT2D eigenvalue weighted by molar-refractivity contribution is -0.0498. The molecule has 0 bridgehead atoms. The third-order valence-electron chi connectivity index (χ3n) is 2.64. The Hall–Kier alpha value is -2.97. The minimum absolute atomic E-state index is 0.0271. The Morgan fingerprint density at radius 3 is 2.41 bits per heavy atom. The molecule has 0 saturated carbocycles. The second-order valence-corrected chi connectivity index (χ2v) is 4.02. The molecule has 0 fully saturated rings. The van der Waals surface area contributed by atoms with Gasteiger partial charge in [-0.25, -0.2) is 14.8 Å². The highest BCUT2D eigenvalue weighted by Crippen LogP contribution is 2.28. The van der Waals surface area contributed by atoms with Gasteiger partial charge in [0.25, 0.3) is 0 Å². The van der Waals surface area contributed by atoms with Gasteiger partial charge in [-0.1, -0.05) is 0 Å². The van der Waals surface area contributed by atoms with Gasteiger partial charge in [0, 0.05) is 5.56 Å². The van der Waals surface area contributed by atoms with Crippen LogP contribution in [-0.2, 0) is 0 Å². The van der Waals surface area contributed by atoms with Crippen molar-refractivity contribution in [2.24, 2.45) is 0 Å². The molecule has 0 radical (unpaired) electrons. The maximum absolute atomic E-state index is 12.1. The second kappa shape index (κ2) is 6.20. The number of ether oxygens (including phenoxy) is 2. The summed E-state index contributed by atoms with van der Waals surface area (Å²) in [5.41, 5.74) is 5.64. The molecule has 9 heteroatoms. The highest BCUT2D eigenvalue weighted by atomic mass is 19.3. The molecule has 2 rings (SSSR count). The number of nitrogen functional groups attached to an aromatic ring is 1. The number of nitrogens with zero attached hydrogens (tertiary/aromatic N) is 2. The molecule has 3 N–H and O–H groups in total. The second-order valence-electron chi connectivity index (χ2n) is 4.02. The first-order valence-corrected chi connectivity index (χ1v) is 5.92. The van der Waals surface area contributed by atoms with Crippen molar-refractivity contribution in [2.45, 2.75) is 6.61 Å². The van der Waals surface area contributed by atoms with Crippen molar-refractivity contribution >= 4 is 11.8 Å². The standard InChI is InChI=1S/C13H11F2N3O4/c1-21-9-8(12(19)20)17-11(18-10(9)16)6-2-4-7(5-3-6)22-13(14)15/h2-5,13H,1H3,(H,19,20)(H2,16,17,18). The van der Waals surface area contributed by atoms with E-state index in [2.05, 4.69) is 14.7 Å². The molecular formula is C13H11F2N3O4. The van der Waals surface area contributed by atoms with Gasteiger partial charge in [0.15, 0.2) is 23.1 Å². The Morgan fingerprint density at radius 2 is 1.91 bits per heavy atom. The quantitative estimate of drug-likeness (QED) is 0.869. The topological polar surface area (TPSA) is 108 Å². The Kier molecular flexibility index (Phi) is 4.35. The molecule has 0 aliphatic carbocycles. The van der Waals surface area contributed by atoms with Gasteiger partial charge in [-0.2, -0.15) is 8.78 Å². The van der Waals surface area contributed by atoms with E-state index in [1.165, 1.54) is 31.4 Å².